The number of nitrogens with zero attached hydrogens (tertiary/aromatic N) is 3. The first-order chi connectivity index (χ1) is 14.5. The van der Waals surface area contributed by atoms with Gasteiger partial charge >= 0.3 is 17.8 Å². The van der Waals surface area contributed by atoms with E-state index in [4.69, 9.17) is 5.73 Å². The van der Waals surface area contributed by atoms with Crippen molar-refractivity contribution in [3.05, 3.63) is 24.3 Å². The Labute approximate surface area is 179 Å². The summed E-state index contributed by atoms with van der Waals surface area (Å²) >= 11 is 1.45. The lowest BCUT2D eigenvalue weighted by Crippen LogP contribution is -2.54. The largest absolute Gasteiger partial charge is 0.370 e. The lowest BCUT2D eigenvalue weighted by atomic mass is 10.3. The van der Waals surface area contributed by atoms with Crippen molar-refractivity contribution in [2.45, 2.75) is 24.2 Å². The van der Waals surface area contributed by atoms with Gasteiger partial charge in [-0.05, 0) is 25.0 Å². The van der Waals surface area contributed by atoms with Crippen LogP contribution >= 0.6 is 11.8 Å². The highest BCUT2D eigenvalue weighted by Gasteiger charge is 2.31. The van der Waals surface area contributed by atoms with E-state index in [-0.39, 0.29) is 18.4 Å². The highest BCUT2D eigenvalue weighted by Crippen LogP contribution is 2.27. The Hall–Kier alpha value is -2.75. The fourth-order valence-electron chi connectivity index (χ4n) is 3.45. The lowest BCUT2D eigenvalue weighted by Gasteiger charge is -2.35. The molecule has 0 aromatic heterocycles. The molecule has 3 rings (SSSR count). The zero-order valence-electron chi connectivity index (χ0n) is 16.8. The van der Waals surface area contributed by atoms with E-state index in [1.807, 2.05) is 18.2 Å². The number of benzene rings is 1. The van der Waals surface area contributed by atoms with Gasteiger partial charge in [0.2, 0.25) is 5.91 Å². The van der Waals surface area contributed by atoms with Gasteiger partial charge in [-0.2, -0.15) is 0 Å². The third-order valence-corrected chi connectivity index (χ3v) is 6.24. The Kier molecular flexibility index (Phi) is 7.56. The normalized spacial score (nSPS) is 16.5. The Bertz CT molecular complexity index is 804. The Balaban J connectivity index is 1.50. The summed E-state index contributed by atoms with van der Waals surface area (Å²) < 4.78 is 0. The molecule has 0 spiro atoms. The van der Waals surface area contributed by atoms with Crippen LogP contribution in [0.2, 0.25) is 0 Å². The first-order valence-corrected chi connectivity index (χ1v) is 11.1. The predicted molar refractivity (Wildman–Crippen MR) is 114 cm³/mol. The van der Waals surface area contributed by atoms with Crippen molar-refractivity contribution in [2.24, 2.45) is 5.73 Å². The lowest BCUT2D eigenvalue weighted by molar-refractivity contribution is -0.152. The summed E-state index contributed by atoms with van der Waals surface area (Å²) in [6, 6.07) is 7.12. The van der Waals surface area contributed by atoms with Crippen molar-refractivity contribution in [3.63, 3.8) is 0 Å². The zero-order valence-corrected chi connectivity index (χ0v) is 17.7. The molecule has 3 N–H and O–H groups in total. The van der Waals surface area contributed by atoms with E-state index in [2.05, 4.69) is 5.32 Å². The second-order valence-corrected chi connectivity index (χ2v) is 8.41. The Morgan fingerprint density at radius 1 is 0.867 bits per heavy atom. The number of nitrogens with one attached hydrogen (secondary N) is 1. The second kappa shape index (κ2) is 10.3. The van der Waals surface area contributed by atoms with Crippen LogP contribution in [0.15, 0.2) is 29.2 Å². The molecule has 5 amide bonds. The Morgan fingerprint density at radius 2 is 1.43 bits per heavy atom. The van der Waals surface area contributed by atoms with Crippen LogP contribution in [0.4, 0.5) is 10.5 Å². The van der Waals surface area contributed by atoms with Gasteiger partial charge < -0.3 is 25.8 Å². The van der Waals surface area contributed by atoms with Crippen molar-refractivity contribution >= 4 is 41.2 Å². The summed E-state index contributed by atoms with van der Waals surface area (Å²) in [6.07, 6.45) is 2.14. The SMILES string of the molecule is NC(=O)CCSc1ccccc1NC(=O)N1CCN(C(=O)C(=O)N2CCCC2)CC1. The molecule has 0 saturated carbocycles. The number of primary amides is 1. The number of amides is 5. The number of carbonyl (C=O) groups excluding carboxylic acids is 4. The van der Waals surface area contributed by atoms with E-state index in [0.29, 0.717) is 50.7 Å². The molecule has 0 unspecified atom stereocenters. The zero-order chi connectivity index (χ0) is 21.5. The highest BCUT2D eigenvalue weighted by atomic mass is 32.2. The van der Waals surface area contributed by atoms with Gasteiger partial charge in [0.1, 0.15) is 0 Å². The summed E-state index contributed by atoms with van der Waals surface area (Å²) in [5, 5.41) is 2.90. The van der Waals surface area contributed by atoms with E-state index >= 15 is 0 Å². The van der Waals surface area contributed by atoms with Gasteiger partial charge in [-0.3, -0.25) is 14.4 Å². The van der Waals surface area contributed by atoms with Gasteiger partial charge in [-0.15, -0.1) is 11.8 Å². The number of urea groups is 1. The van der Waals surface area contributed by atoms with Crippen LogP contribution in [-0.2, 0) is 14.4 Å². The number of anilines is 1. The van der Waals surface area contributed by atoms with E-state index < -0.39 is 11.8 Å². The summed E-state index contributed by atoms with van der Waals surface area (Å²) in [5.74, 6) is -0.742. The molecule has 2 aliphatic rings. The van der Waals surface area contributed by atoms with Crippen LogP contribution in [0.5, 0.6) is 0 Å². The van der Waals surface area contributed by atoms with Crippen LogP contribution in [0, 0.1) is 0 Å². The maximum absolute atomic E-state index is 12.7. The minimum absolute atomic E-state index is 0.254. The number of hydrogen-bond donors (Lipinski definition) is 2. The van der Waals surface area contributed by atoms with Crippen molar-refractivity contribution in [2.75, 3.05) is 50.3 Å². The summed E-state index contributed by atoms with van der Waals surface area (Å²) in [4.78, 5) is 53.9. The maximum atomic E-state index is 12.7. The van der Waals surface area contributed by atoms with Gasteiger partial charge in [0, 0.05) is 56.3 Å². The quantitative estimate of drug-likeness (QED) is 0.530. The molecule has 1 aromatic rings. The molecule has 2 aliphatic heterocycles. The van der Waals surface area contributed by atoms with Crippen LogP contribution in [0.1, 0.15) is 19.3 Å². The van der Waals surface area contributed by atoms with Crippen LogP contribution in [0.25, 0.3) is 0 Å². The minimum Gasteiger partial charge on any atom is -0.370 e. The summed E-state index contributed by atoms with van der Waals surface area (Å²) in [7, 11) is 0. The fourth-order valence-corrected chi connectivity index (χ4v) is 4.43. The van der Waals surface area contributed by atoms with Gasteiger partial charge in [0.25, 0.3) is 0 Å². The fraction of sp³-hybridized carbons (Fsp3) is 0.500. The molecule has 0 bridgehead atoms. The van der Waals surface area contributed by atoms with Crippen molar-refractivity contribution in [1.82, 2.24) is 14.7 Å². The molecule has 9 nitrogen and oxygen atoms in total. The molecule has 0 radical (unpaired) electrons. The smallest absolute Gasteiger partial charge is 0.321 e. The van der Waals surface area contributed by atoms with Crippen LogP contribution in [0.3, 0.4) is 0 Å². The molecule has 0 atom stereocenters. The molecular formula is C20H27N5O4S. The number of thioether (sulfide) groups is 1. The Morgan fingerprint density at radius 3 is 2.07 bits per heavy atom. The van der Waals surface area contributed by atoms with Crippen molar-refractivity contribution < 1.29 is 19.2 Å². The maximum Gasteiger partial charge on any atom is 0.321 e. The monoisotopic (exact) mass is 433 g/mol. The van der Waals surface area contributed by atoms with E-state index in [9.17, 15) is 19.2 Å². The minimum atomic E-state index is -0.479. The molecule has 10 heteroatoms. The van der Waals surface area contributed by atoms with E-state index in [1.54, 1.807) is 15.9 Å². The third-order valence-electron chi connectivity index (χ3n) is 5.17. The first kappa shape index (κ1) is 21.9. The molecule has 1 aromatic carbocycles. The third kappa shape index (κ3) is 5.65. The summed E-state index contributed by atoms with van der Waals surface area (Å²) in [5.41, 5.74) is 5.85. The van der Waals surface area contributed by atoms with Gasteiger partial charge in [-0.1, -0.05) is 12.1 Å². The summed E-state index contributed by atoms with van der Waals surface area (Å²) in [6.45, 7) is 2.68. The molecular weight excluding hydrogens is 406 g/mol. The molecule has 2 fully saturated rings. The number of para-hydroxylation sites is 1. The molecule has 162 valence electrons. The number of rotatable bonds is 5. The molecule has 2 saturated heterocycles. The first-order valence-electron chi connectivity index (χ1n) is 10.1. The highest BCUT2D eigenvalue weighted by molar-refractivity contribution is 7.99. The van der Waals surface area contributed by atoms with Crippen molar-refractivity contribution in [3.8, 4) is 0 Å². The van der Waals surface area contributed by atoms with Crippen LogP contribution in [-0.4, -0.2) is 83.5 Å². The number of nitrogens with two attached hydrogens (primary N) is 1. The predicted octanol–water partition coefficient (Wildman–Crippen LogP) is 0.953. The molecule has 2 heterocycles. The van der Waals surface area contributed by atoms with Crippen LogP contribution < -0.4 is 11.1 Å². The second-order valence-electron chi connectivity index (χ2n) is 7.27. The topological polar surface area (TPSA) is 116 Å². The average molecular weight is 434 g/mol. The van der Waals surface area contributed by atoms with Gasteiger partial charge in [-0.25, -0.2) is 4.79 Å². The molecule has 30 heavy (non-hydrogen) atoms. The standard InChI is InChI=1S/C20H27N5O4S/c21-17(26)7-14-30-16-6-2-1-5-15(16)22-20(29)25-12-10-24(11-13-25)19(28)18(27)23-8-3-4-9-23/h1-2,5-6H,3-4,7-14H2,(H2,21,26)(H,22,29). The number of likely N-dealkylation sites (tertiary alicyclic amines) is 1. The van der Waals surface area contributed by atoms with E-state index in [0.717, 1.165) is 17.7 Å². The van der Waals surface area contributed by atoms with E-state index in [1.165, 1.54) is 16.7 Å². The number of hydrogen-bond acceptors (Lipinski definition) is 5. The van der Waals surface area contributed by atoms with Crippen molar-refractivity contribution in [1.29, 1.82) is 0 Å². The molecule has 0 aliphatic carbocycles. The number of piperazine rings is 1. The average Bonchev–Trinajstić information content (AvgIpc) is 3.28. The van der Waals surface area contributed by atoms with Gasteiger partial charge in [0.15, 0.2) is 0 Å². The van der Waals surface area contributed by atoms with Gasteiger partial charge in [0.05, 0.1) is 5.69 Å². The number of carbonyl (C=O) groups is 4.